The van der Waals surface area contributed by atoms with Gasteiger partial charge < -0.3 is 0 Å². The quantitative estimate of drug-likeness (QED) is 0.325. The minimum absolute atomic E-state index is 0.402. The van der Waals surface area contributed by atoms with Gasteiger partial charge in [-0.25, -0.2) is 0 Å². The summed E-state index contributed by atoms with van der Waals surface area (Å²) in [4.78, 5) is 0. The topological polar surface area (TPSA) is 0 Å². The van der Waals surface area contributed by atoms with Crippen LogP contribution < -0.4 is 10.4 Å². The fourth-order valence-electron chi connectivity index (χ4n) is 5.22. The van der Waals surface area contributed by atoms with Crippen LogP contribution in [0.25, 0.3) is 5.57 Å². The van der Waals surface area contributed by atoms with Crippen molar-refractivity contribution in [3.05, 3.63) is 112 Å². The summed E-state index contributed by atoms with van der Waals surface area (Å²) in [5.41, 5.74) is 12.0. The number of hydrogen-bond acceptors (Lipinski definition) is 0. The smallest absolute Gasteiger partial charge is 0.0656 e. The maximum absolute atomic E-state index is 2.53. The van der Waals surface area contributed by atoms with Crippen molar-refractivity contribution in [3.8, 4) is 0 Å². The Kier molecular flexibility index (Phi) is 7.03. The molecular formula is C32H38Si2. The van der Waals surface area contributed by atoms with Crippen LogP contribution in [0.5, 0.6) is 0 Å². The first-order chi connectivity index (χ1) is 16.1. The van der Waals surface area contributed by atoms with Crippen LogP contribution in [0.4, 0.5) is 0 Å². The second-order valence-corrected chi connectivity index (χ2v) is 17.6. The SMILES string of the molecule is CC1=C(C)C(C([Si]c2cc(C)cc([Si](C)(C)C)c2)c2ccc(C)cc2)C(c2ccccc2)=C1C. The van der Waals surface area contributed by atoms with E-state index in [1.165, 1.54) is 49.7 Å². The fourth-order valence-corrected chi connectivity index (χ4v) is 8.47. The van der Waals surface area contributed by atoms with Crippen LogP contribution >= 0.6 is 0 Å². The van der Waals surface area contributed by atoms with Gasteiger partial charge in [-0.05, 0) is 68.0 Å². The van der Waals surface area contributed by atoms with Gasteiger partial charge in [-0.3, -0.25) is 0 Å². The molecule has 1 aliphatic rings. The van der Waals surface area contributed by atoms with Gasteiger partial charge in [0.05, 0.1) is 17.6 Å². The Labute approximate surface area is 210 Å². The van der Waals surface area contributed by atoms with Gasteiger partial charge in [0, 0.05) is 5.92 Å². The van der Waals surface area contributed by atoms with Gasteiger partial charge in [-0.15, -0.1) is 0 Å². The molecule has 174 valence electrons. The monoisotopic (exact) mass is 478 g/mol. The summed E-state index contributed by atoms with van der Waals surface area (Å²) in [6.45, 7) is 18.8. The molecule has 0 spiro atoms. The molecule has 0 saturated carbocycles. The molecule has 2 unspecified atom stereocenters. The lowest BCUT2D eigenvalue weighted by Gasteiger charge is -2.29. The minimum Gasteiger partial charge on any atom is -0.0656 e. The van der Waals surface area contributed by atoms with Gasteiger partial charge >= 0.3 is 0 Å². The average molecular weight is 479 g/mol. The van der Waals surface area contributed by atoms with Crippen molar-refractivity contribution in [1.82, 2.24) is 0 Å². The number of rotatable bonds is 6. The molecule has 3 aromatic rings. The normalized spacial score (nSPS) is 17.5. The molecule has 0 heterocycles. The van der Waals surface area contributed by atoms with Crippen molar-refractivity contribution >= 4 is 33.5 Å². The van der Waals surface area contributed by atoms with Gasteiger partial charge in [0.2, 0.25) is 0 Å². The van der Waals surface area contributed by atoms with Gasteiger partial charge in [0.15, 0.2) is 0 Å². The lowest BCUT2D eigenvalue weighted by molar-refractivity contribution is 0.744. The third-order valence-corrected chi connectivity index (χ3v) is 11.1. The van der Waals surface area contributed by atoms with E-state index in [4.69, 9.17) is 0 Å². The highest BCUT2D eigenvalue weighted by Gasteiger charge is 2.36. The van der Waals surface area contributed by atoms with E-state index in [9.17, 15) is 0 Å². The van der Waals surface area contributed by atoms with E-state index in [1.807, 2.05) is 0 Å². The molecule has 1 aliphatic carbocycles. The number of benzene rings is 3. The summed E-state index contributed by atoms with van der Waals surface area (Å²) in [6, 6.07) is 27.8. The van der Waals surface area contributed by atoms with Crippen LogP contribution in [0.2, 0.25) is 19.6 Å². The summed E-state index contributed by atoms with van der Waals surface area (Å²) in [5.74, 6) is 0.402. The fraction of sp³-hybridized carbons (Fsp3) is 0.312. The zero-order chi connectivity index (χ0) is 24.6. The van der Waals surface area contributed by atoms with E-state index in [0.717, 1.165) is 9.52 Å². The second-order valence-electron chi connectivity index (χ2n) is 11.1. The largest absolute Gasteiger partial charge is 0.0900 e. The summed E-state index contributed by atoms with van der Waals surface area (Å²) >= 11 is 0. The van der Waals surface area contributed by atoms with Crippen molar-refractivity contribution in [3.63, 3.8) is 0 Å². The zero-order valence-electron chi connectivity index (χ0n) is 22.1. The summed E-state index contributed by atoms with van der Waals surface area (Å²) in [5, 5.41) is 3.08. The first kappa shape index (κ1) is 24.7. The van der Waals surface area contributed by atoms with E-state index >= 15 is 0 Å². The third-order valence-electron chi connectivity index (χ3n) is 7.46. The number of allylic oxidation sites excluding steroid dienone is 4. The molecule has 2 heteroatoms. The van der Waals surface area contributed by atoms with Crippen LogP contribution in [-0.4, -0.2) is 17.6 Å². The Bertz CT molecular complexity index is 1240. The van der Waals surface area contributed by atoms with Gasteiger partial charge in [0.1, 0.15) is 0 Å². The first-order valence-electron chi connectivity index (χ1n) is 12.5. The van der Waals surface area contributed by atoms with Gasteiger partial charge in [0.25, 0.3) is 0 Å². The van der Waals surface area contributed by atoms with E-state index in [1.54, 1.807) is 5.19 Å². The second kappa shape index (κ2) is 9.67. The molecule has 0 aromatic heterocycles. The molecule has 34 heavy (non-hydrogen) atoms. The molecule has 0 nitrogen and oxygen atoms in total. The van der Waals surface area contributed by atoms with Crippen molar-refractivity contribution in [2.75, 3.05) is 0 Å². The molecular weight excluding hydrogens is 441 g/mol. The predicted octanol–water partition coefficient (Wildman–Crippen LogP) is 7.36. The minimum atomic E-state index is -1.38. The van der Waals surface area contributed by atoms with E-state index in [-0.39, 0.29) is 0 Å². The summed E-state index contributed by atoms with van der Waals surface area (Å²) < 4.78 is 0. The van der Waals surface area contributed by atoms with E-state index in [0.29, 0.717) is 11.5 Å². The van der Waals surface area contributed by atoms with Crippen molar-refractivity contribution in [2.45, 2.75) is 59.8 Å². The molecule has 0 saturated heterocycles. The number of aryl methyl sites for hydroxylation is 2. The van der Waals surface area contributed by atoms with E-state index < -0.39 is 8.07 Å². The molecule has 3 aromatic carbocycles. The molecule has 0 aliphatic heterocycles. The average Bonchev–Trinajstić information content (AvgIpc) is 3.01. The van der Waals surface area contributed by atoms with Crippen molar-refractivity contribution < 1.29 is 0 Å². The lowest BCUT2D eigenvalue weighted by atomic mass is 9.84. The molecule has 2 radical (unpaired) electrons. The first-order valence-corrected chi connectivity index (χ1v) is 17.0. The van der Waals surface area contributed by atoms with Crippen LogP contribution in [0.3, 0.4) is 0 Å². The summed E-state index contributed by atoms with van der Waals surface area (Å²) in [7, 11) is -0.655. The van der Waals surface area contributed by atoms with Crippen LogP contribution in [-0.2, 0) is 0 Å². The van der Waals surface area contributed by atoms with Gasteiger partial charge in [-0.2, -0.15) is 0 Å². The summed E-state index contributed by atoms with van der Waals surface area (Å²) in [6.07, 6.45) is 0. The molecule has 0 fully saturated rings. The highest BCUT2D eigenvalue weighted by Crippen LogP contribution is 2.48. The Morgan fingerprint density at radius 2 is 1.35 bits per heavy atom. The Morgan fingerprint density at radius 1 is 0.706 bits per heavy atom. The van der Waals surface area contributed by atoms with Gasteiger partial charge in [-0.1, -0.05) is 120 Å². The molecule has 0 bridgehead atoms. The zero-order valence-corrected chi connectivity index (χ0v) is 24.1. The highest BCUT2D eigenvalue weighted by molar-refractivity contribution is 6.89. The Hall–Kier alpha value is -2.43. The Balaban J connectivity index is 1.86. The maximum atomic E-state index is 2.53. The van der Waals surface area contributed by atoms with Crippen LogP contribution in [0.15, 0.2) is 89.5 Å². The van der Waals surface area contributed by atoms with Crippen molar-refractivity contribution in [2.24, 2.45) is 5.92 Å². The maximum Gasteiger partial charge on any atom is 0.0900 e. The van der Waals surface area contributed by atoms with E-state index in [2.05, 4.69) is 127 Å². The van der Waals surface area contributed by atoms with Crippen molar-refractivity contribution in [1.29, 1.82) is 0 Å². The van der Waals surface area contributed by atoms with Crippen LogP contribution in [0, 0.1) is 19.8 Å². The lowest BCUT2D eigenvalue weighted by Crippen LogP contribution is -2.41. The predicted molar refractivity (Wildman–Crippen MR) is 154 cm³/mol. The standard InChI is InChI=1S/C32H38Si2/c1-21-14-16-27(17-15-21)32(33-28-18-22(2)19-29(20-28)34(6,7)8)31-25(5)23(3)24(4)30(31)26-12-10-9-11-13-26/h9-20,31-32H,1-8H3. The molecule has 0 amide bonds. The third kappa shape index (κ3) is 4.99. The molecule has 2 atom stereocenters. The molecule has 4 rings (SSSR count). The number of hydrogen-bond donors (Lipinski definition) is 0. The van der Waals surface area contributed by atoms with Crippen LogP contribution in [0.1, 0.15) is 48.6 Å². The Morgan fingerprint density at radius 3 is 1.97 bits per heavy atom. The molecule has 0 N–H and O–H groups in total. The highest BCUT2D eigenvalue weighted by atomic mass is 28.3.